The van der Waals surface area contributed by atoms with E-state index in [4.69, 9.17) is 4.74 Å². The van der Waals surface area contributed by atoms with Crippen molar-refractivity contribution >= 4 is 5.91 Å². The lowest BCUT2D eigenvalue weighted by atomic mass is 10.1. The molecule has 110 valence electrons. The highest BCUT2D eigenvalue weighted by atomic mass is 16.5. The number of benzene rings is 2. The first-order valence-electron chi connectivity index (χ1n) is 7.20. The van der Waals surface area contributed by atoms with Crippen LogP contribution in [0.25, 0.3) is 0 Å². The number of ether oxygens (including phenoxy) is 1. The Morgan fingerprint density at radius 3 is 2.33 bits per heavy atom. The van der Waals surface area contributed by atoms with E-state index in [1.165, 1.54) is 0 Å². The Balaban J connectivity index is 1.88. The van der Waals surface area contributed by atoms with Crippen molar-refractivity contribution in [3.63, 3.8) is 0 Å². The minimum Gasteiger partial charge on any atom is -0.489 e. The van der Waals surface area contributed by atoms with Crippen LogP contribution in [0.2, 0.25) is 0 Å². The molecule has 0 spiro atoms. The predicted molar refractivity (Wildman–Crippen MR) is 84.4 cm³/mol. The van der Waals surface area contributed by atoms with Crippen molar-refractivity contribution in [3.05, 3.63) is 65.7 Å². The van der Waals surface area contributed by atoms with Crippen LogP contribution in [0.3, 0.4) is 0 Å². The van der Waals surface area contributed by atoms with Gasteiger partial charge in [-0.2, -0.15) is 0 Å². The molecule has 3 nitrogen and oxygen atoms in total. The molecule has 0 aliphatic rings. The van der Waals surface area contributed by atoms with Crippen molar-refractivity contribution in [1.29, 1.82) is 0 Å². The first kappa shape index (κ1) is 15.1. The number of nitrogens with one attached hydrogen (secondary N) is 1. The van der Waals surface area contributed by atoms with Gasteiger partial charge in [0, 0.05) is 12.1 Å². The van der Waals surface area contributed by atoms with E-state index in [2.05, 4.69) is 19.2 Å². The topological polar surface area (TPSA) is 38.3 Å². The molecule has 0 unspecified atom stereocenters. The van der Waals surface area contributed by atoms with Crippen LogP contribution in [-0.2, 0) is 6.61 Å². The van der Waals surface area contributed by atoms with Crippen LogP contribution in [0.1, 0.15) is 29.8 Å². The van der Waals surface area contributed by atoms with Crippen molar-refractivity contribution in [1.82, 2.24) is 5.32 Å². The number of hydrogen-bond acceptors (Lipinski definition) is 2. The largest absolute Gasteiger partial charge is 0.489 e. The van der Waals surface area contributed by atoms with Gasteiger partial charge < -0.3 is 10.1 Å². The minimum absolute atomic E-state index is 0.0285. The number of carbonyl (C=O) groups is 1. The average molecular weight is 283 g/mol. The third-order valence-electron chi connectivity index (χ3n) is 3.04. The standard InChI is InChI=1S/C18H21NO2/c1-14(2)12-19-18(20)16-10-8-15(9-11-16)13-21-17-6-4-3-5-7-17/h3-11,14H,12-13H2,1-2H3,(H,19,20). The second kappa shape index (κ2) is 7.48. The highest BCUT2D eigenvalue weighted by Gasteiger charge is 2.05. The van der Waals surface area contributed by atoms with E-state index in [1.807, 2.05) is 54.6 Å². The third kappa shape index (κ3) is 4.95. The highest BCUT2D eigenvalue weighted by Crippen LogP contribution is 2.12. The third-order valence-corrected chi connectivity index (χ3v) is 3.04. The smallest absolute Gasteiger partial charge is 0.251 e. The van der Waals surface area contributed by atoms with Gasteiger partial charge in [0.1, 0.15) is 12.4 Å². The fraction of sp³-hybridized carbons (Fsp3) is 0.278. The molecule has 0 aliphatic carbocycles. The van der Waals surface area contributed by atoms with Crippen LogP contribution in [0.5, 0.6) is 5.75 Å². The SMILES string of the molecule is CC(C)CNC(=O)c1ccc(COc2ccccc2)cc1. The Labute approximate surface area is 126 Å². The molecule has 0 bridgehead atoms. The van der Waals surface area contributed by atoms with Crippen LogP contribution in [0.15, 0.2) is 54.6 Å². The van der Waals surface area contributed by atoms with Gasteiger partial charge in [-0.1, -0.05) is 44.2 Å². The van der Waals surface area contributed by atoms with Gasteiger partial charge in [-0.3, -0.25) is 4.79 Å². The van der Waals surface area contributed by atoms with E-state index < -0.39 is 0 Å². The Morgan fingerprint density at radius 1 is 1.05 bits per heavy atom. The number of carbonyl (C=O) groups excluding carboxylic acids is 1. The number of para-hydroxylation sites is 1. The van der Waals surface area contributed by atoms with E-state index in [1.54, 1.807) is 0 Å². The monoisotopic (exact) mass is 283 g/mol. The van der Waals surface area contributed by atoms with Crippen molar-refractivity contribution < 1.29 is 9.53 Å². The molecule has 0 atom stereocenters. The molecule has 2 rings (SSSR count). The summed E-state index contributed by atoms with van der Waals surface area (Å²) in [5.41, 5.74) is 1.72. The van der Waals surface area contributed by atoms with Crippen LogP contribution in [0.4, 0.5) is 0 Å². The maximum absolute atomic E-state index is 11.9. The fourth-order valence-electron chi connectivity index (χ4n) is 1.83. The predicted octanol–water partition coefficient (Wildman–Crippen LogP) is 3.65. The summed E-state index contributed by atoms with van der Waals surface area (Å²) < 4.78 is 5.67. The van der Waals surface area contributed by atoms with Gasteiger partial charge in [-0.15, -0.1) is 0 Å². The zero-order chi connectivity index (χ0) is 15.1. The number of rotatable bonds is 6. The van der Waals surface area contributed by atoms with E-state index in [0.717, 1.165) is 11.3 Å². The lowest BCUT2D eigenvalue weighted by Gasteiger charge is -2.09. The van der Waals surface area contributed by atoms with Crippen molar-refractivity contribution in [3.8, 4) is 5.75 Å². The van der Waals surface area contributed by atoms with Gasteiger partial charge in [-0.05, 0) is 35.7 Å². The minimum atomic E-state index is -0.0285. The summed E-state index contributed by atoms with van der Waals surface area (Å²) in [6, 6.07) is 17.2. The first-order chi connectivity index (χ1) is 10.1. The summed E-state index contributed by atoms with van der Waals surface area (Å²) in [5.74, 6) is 1.27. The van der Waals surface area contributed by atoms with E-state index in [0.29, 0.717) is 24.6 Å². The summed E-state index contributed by atoms with van der Waals surface area (Å²) in [6.45, 7) is 5.34. The second-order valence-electron chi connectivity index (χ2n) is 5.40. The maximum Gasteiger partial charge on any atom is 0.251 e. The normalized spacial score (nSPS) is 10.4. The molecule has 0 heterocycles. The number of amides is 1. The molecule has 1 amide bonds. The molecule has 0 aliphatic heterocycles. The summed E-state index contributed by atoms with van der Waals surface area (Å²) in [6.07, 6.45) is 0. The van der Waals surface area contributed by atoms with Crippen molar-refractivity contribution in [2.45, 2.75) is 20.5 Å². The van der Waals surface area contributed by atoms with Gasteiger partial charge in [-0.25, -0.2) is 0 Å². The molecule has 21 heavy (non-hydrogen) atoms. The molecule has 0 saturated carbocycles. The molecule has 0 fully saturated rings. The Hall–Kier alpha value is -2.29. The summed E-state index contributed by atoms with van der Waals surface area (Å²) >= 11 is 0. The van der Waals surface area contributed by atoms with Gasteiger partial charge in [0.25, 0.3) is 5.91 Å². The number of hydrogen-bond donors (Lipinski definition) is 1. The Kier molecular flexibility index (Phi) is 5.38. The summed E-state index contributed by atoms with van der Waals surface area (Å²) in [7, 11) is 0. The Bertz CT molecular complexity index is 562. The zero-order valence-corrected chi connectivity index (χ0v) is 12.5. The Morgan fingerprint density at radius 2 is 1.71 bits per heavy atom. The summed E-state index contributed by atoms with van der Waals surface area (Å²) in [5, 5.41) is 2.91. The molecule has 0 saturated heterocycles. The molecule has 0 aromatic heterocycles. The van der Waals surface area contributed by atoms with Crippen molar-refractivity contribution in [2.75, 3.05) is 6.54 Å². The van der Waals surface area contributed by atoms with E-state index in [-0.39, 0.29) is 5.91 Å². The quantitative estimate of drug-likeness (QED) is 0.878. The molecule has 2 aromatic rings. The lowest BCUT2D eigenvalue weighted by Crippen LogP contribution is -2.27. The first-order valence-corrected chi connectivity index (χ1v) is 7.20. The fourth-order valence-corrected chi connectivity index (χ4v) is 1.83. The van der Waals surface area contributed by atoms with Crippen LogP contribution < -0.4 is 10.1 Å². The van der Waals surface area contributed by atoms with Gasteiger partial charge in [0.05, 0.1) is 0 Å². The second-order valence-corrected chi connectivity index (χ2v) is 5.40. The van der Waals surface area contributed by atoms with Crippen molar-refractivity contribution in [2.24, 2.45) is 5.92 Å². The van der Waals surface area contributed by atoms with Crippen LogP contribution in [0, 0.1) is 5.92 Å². The highest BCUT2D eigenvalue weighted by molar-refractivity contribution is 5.94. The van der Waals surface area contributed by atoms with Gasteiger partial charge >= 0.3 is 0 Å². The molecular weight excluding hydrogens is 262 g/mol. The van der Waals surface area contributed by atoms with Gasteiger partial charge in [0.15, 0.2) is 0 Å². The summed E-state index contributed by atoms with van der Waals surface area (Å²) in [4.78, 5) is 11.9. The zero-order valence-electron chi connectivity index (χ0n) is 12.5. The van der Waals surface area contributed by atoms with Crippen LogP contribution >= 0.6 is 0 Å². The van der Waals surface area contributed by atoms with Crippen LogP contribution in [-0.4, -0.2) is 12.5 Å². The van der Waals surface area contributed by atoms with Gasteiger partial charge in [0.2, 0.25) is 0 Å². The maximum atomic E-state index is 11.9. The van der Waals surface area contributed by atoms with E-state index >= 15 is 0 Å². The van der Waals surface area contributed by atoms with E-state index in [9.17, 15) is 4.79 Å². The average Bonchev–Trinajstić information content (AvgIpc) is 2.52. The molecule has 1 N–H and O–H groups in total. The lowest BCUT2D eigenvalue weighted by molar-refractivity contribution is 0.0949. The molecule has 2 aromatic carbocycles. The molecule has 3 heteroatoms. The molecule has 0 radical (unpaired) electrons. The molecular formula is C18H21NO2.